The lowest BCUT2D eigenvalue weighted by atomic mass is 10.0. The summed E-state index contributed by atoms with van der Waals surface area (Å²) in [6.45, 7) is 3.44. The Hall–Kier alpha value is -0.910. The zero-order valence-corrected chi connectivity index (χ0v) is 11.8. The minimum Gasteiger partial charge on any atom is -0.391 e. The predicted octanol–water partition coefficient (Wildman–Crippen LogP) is 0.940. The molecule has 1 fully saturated rings. The van der Waals surface area contributed by atoms with Crippen molar-refractivity contribution in [3.63, 3.8) is 0 Å². The Balaban J connectivity index is 2.17. The quantitative estimate of drug-likeness (QED) is 0.806. The Labute approximate surface area is 114 Å². The third kappa shape index (κ3) is 2.99. The van der Waals surface area contributed by atoms with Crippen LogP contribution in [-0.2, 0) is 9.53 Å². The van der Waals surface area contributed by atoms with Crippen LogP contribution in [0, 0.1) is 0 Å². The molecule has 3 atom stereocenters. The van der Waals surface area contributed by atoms with Crippen LogP contribution < -0.4 is 0 Å². The van der Waals surface area contributed by atoms with Crippen LogP contribution in [0.2, 0.25) is 0 Å². The Morgan fingerprint density at radius 3 is 3.05 bits per heavy atom. The van der Waals surface area contributed by atoms with Crippen LogP contribution in [0.1, 0.15) is 32.6 Å². The van der Waals surface area contributed by atoms with E-state index in [1.165, 1.54) is 0 Å². The highest BCUT2D eigenvalue weighted by Crippen LogP contribution is 2.27. The summed E-state index contributed by atoms with van der Waals surface area (Å²) in [5.41, 5.74) is 0. The maximum absolute atomic E-state index is 12.2. The van der Waals surface area contributed by atoms with E-state index in [9.17, 15) is 9.90 Å². The average molecular weight is 268 g/mol. The normalized spacial score (nSPS) is 30.1. The first-order valence-electron chi connectivity index (χ1n) is 7.12. The first-order chi connectivity index (χ1) is 9.19. The number of rotatable bonds is 5. The topological polar surface area (TPSA) is 53.0 Å². The van der Waals surface area contributed by atoms with E-state index >= 15 is 0 Å². The number of methoxy groups -OCH3 is 1. The van der Waals surface area contributed by atoms with Crippen LogP contribution in [0.4, 0.5) is 0 Å². The van der Waals surface area contributed by atoms with E-state index in [1.54, 1.807) is 18.2 Å². The molecule has 2 aliphatic heterocycles. The number of hydrazine groups is 1. The standard InChI is InChI=1S/C14H24N2O3/c1-3-13(17)12-7-4-8-14(18)16(12)15-9-5-6-11(15)10-19-2/h4,8,11-13,17H,3,5-7,9-10H2,1-2H3/t11-,12+,13+/m0/s1. The van der Waals surface area contributed by atoms with Gasteiger partial charge in [0, 0.05) is 19.7 Å². The van der Waals surface area contributed by atoms with Crippen LogP contribution in [-0.4, -0.2) is 59.5 Å². The van der Waals surface area contributed by atoms with Gasteiger partial charge in [0.25, 0.3) is 5.91 Å². The van der Waals surface area contributed by atoms with E-state index in [0.717, 1.165) is 25.8 Å². The molecule has 1 amide bonds. The highest BCUT2D eigenvalue weighted by atomic mass is 16.5. The van der Waals surface area contributed by atoms with Gasteiger partial charge in [-0.2, -0.15) is 0 Å². The monoisotopic (exact) mass is 268 g/mol. The summed E-state index contributed by atoms with van der Waals surface area (Å²) in [6, 6.07) is 0.104. The van der Waals surface area contributed by atoms with E-state index < -0.39 is 6.10 Å². The van der Waals surface area contributed by atoms with Crippen molar-refractivity contribution in [3.8, 4) is 0 Å². The number of ether oxygens (including phenoxy) is 1. The lowest BCUT2D eigenvalue weighted by molar-refractivity contribution is -0.163. The summed E-state index contributed by atoms with van der Waals surface area (Å²) in [4.78, 5) is 12.2. The van der Waals surface area contributed by atoms with Gasteiger partial charge in [0.1, 0.15) is 0 Å². The van der Waals surface area contributed by atoms with Crippen molar-refractivity contribution < 1.29 is 14.6 Å². The Morgan fingerprint density at radius 2 is 2.37 bits per heavy atom. The molecule has 0 unspecified atom stereocenters. The molecule has 19 heavy (non-hydrogen) atoms. The second-order valence-corrected chi connectivity index (χ2v) is 5.28. The van der Waals surface area contributed by atoms with Gasteiger partial charge in [-0.05, 0) is 25.7 Å². The van der Waals surface area contributed by atoms with Crippen molar-refractivity contribution in [1.82, 2.24) is 10.0 Å². The number of hydrogen-bond acceptors (Lipinski definition) is 4. The molecule has 0 aromatic rings. The molecule has 0 aliphatic carbocycles. The minimum atomic E-state index is -0.474. The van der Waals surface area contributed by atoms with E-state index in [4.69, 9.17) is 4.74 Å². The van der Waals surface area contributed by atoms with E-state index in [1.807, 2.05) is 13.0 Å². The number of amides is 1. The van der Waals surface area contributed by atoms with Crippen LogP contribution in [0.5, 0.6) is 0 Å². The molecule has 0 spiro atoms. The Morgan fingerprint density at radius 1 is 1.58 bits per heavy atom. The van der Waals surface area contributed by atoms with Gasteiger partial charge in [0.05, 0.1) is 24.8 Å². The first-order valence-corrected chi connectivity index (χ1v) is 7.12. The van der Waals surface area contributed by atoms with Crippen molar-refractivity contribution >= 4 is 5.91 Å². The summed E-state index contributed by atoms with van der Waals surface area (Å²) < 4.78 is 5.24. The van der Waals surface area contributed by atoms with Gasteiger partial charge < -0.3 is 9.84 Å². The molecule has 2 heterocycles. The summed E-state index contributed by atoms with van der Waals surface area (Å²) in [7, 11) is 1.69. The van der Waals surface area contributed by atoms with Gasteiger partial charge in [0.2, 0.25) is 0 Å². The number of nitrogens with zero attached hydrogens (tertiary/aromatic N) is 2. The molecule has 0 saturated carbocycles. The highest BCUT2D eigenvalue weighted by molar-refractivity contribution is 5.88. The van der Waals surface area contributed by atoms with E-state index in [0.29, 0.717) is 13.0 Å². The highest BCUT2D eigenvalue weighted by Gasteiger charge is 2.39. The molecule has 5 heteroatoms. The molecule has 2 rings (SSSR count). The number of aliphatic hydroxyl groups excluding tert-OH is 1. The van der Waals surface area contributed by atoms with Crippen LogP contribution in [0.15, 0.2) is 12.2 Å². The average Bonchev–Trinajstić information content (AvgIpc) is 2.86. The maximum Gasteiger partial charge on any atom is 0.260 e. The van der Waals surface area contributed by atoms with Crippen LogP contribution >= 0.6 is 0 Å². The fourth-order valence-corrected chi connectivity index (χ4v) is 3.02. The number of carbonyl (C=O) groups is 1. The lowest BCUT2D eigenvalue weighted by Crippen LogP contribution is -2.58. The fraction of sp³-hybridized carbons (Fsp3) is 0.786. The molecule has 2 aliphatic rings. The van der Waals surface area contributed by atoms with E-state index in [2.05, 4.69) is 5.01 Å². The summed E-state index contributed by atoms with van der Waals surface area (Å²) in [6.07, 6.45) is 6.48. The fourth-order valence-electron chi connectivity index (χ4n) is 3.02. The van der Waals surface area contributed by atoms with Crippen molar-refractivity contribution in [3.05, 3.63) is 12.2 Å². The van der Waals surface area contributed by atoms with Gasteiger partial charge in [0.15, 0.2) is 0 Å². The summed E-state index contributed by atoms with van der Waals surface area (Å²) >= 11 is 0. The van der Waals surface area contributed by atoms with Crippen LogP contribution in [0.25, 0.3) is 0 Å². The van der Waals surface area contributed by atoms with Crippen molar-refractivity contribution in [1.29, 1.82) is 0 Å². The van der Waals surface area contributed by atoms with Gasteiger partial charge in [-0.15, -0.1) is 0 Å². The molecule has 108 valence electrons. The largest absolute Gasteiger partial charge is 0.391 e. The molecule has 1 N–H and O–H groups in total. The second-order valence-electron chi connectivity index (χ2n) is 5.28. The third-order valence-corrected chi connectivity index (χ3v) is 4.02. The predicted molar refractivity (Wildman–Crippen MR) is 72.3 cm³/mol. The third-order valence-electron chi connectivity index (χ3n) is 4.02. The van der Waals surface area contributed by atoms with Crippen LogP contribution in [0.3, 0.4) is 0 Å². The van der Waals surface area contributed by atoms with E-state index in [-0.39, 0.29) is 18.0 Å². The number of aliphatic hydroxyl groups is 1. The van der Waals surface area contributed by atoms with Gasteiger partial charge in [-0.25, -0.2) is 5.01 Å². The van der Waals surface area contributed by atoms with Crippen molar-refractivity contribution in [2.45, 2.75) is 50.8 Å². The Bertz CT molecular complexity index is 346. The molecule has 5 nitrogen and oxygen atoms in total. The van der Waals surface area contributed by atoms with Gasteiger partial charge >= 0.3 is 0 Å². The molecule has 0 aromatic carbocycles. The SMILES string of the molecule is CC[C@@H](O)[C@H]1CC=CC(=O)N1N1CCC[C@H]1COC. The summed E-state index contributed by atoms with van der Waals surface area (Å²) in [5, 5.41) is 14.0. The van der Waals surface area contributed by atoms with Gasteiger partial charge in [-0.3, -0.25) is 9.80 Å². The van der Waals surface area contributed by atoms with Gasteiger partial charge in [-0.1, -0.05) is 13.0 Å². The maximum atomic E-state index is 12.2. The smallest absolute Gasteiger partial charge is 0.260 e. The second kappa shape index (κ2) is 6.50. The molecule has 0 aromatic heterocycles. The molecule has 0 bridgehead atoms. The number of hydrogen-bond donors (Lipinski definition) is 1. The zero-order chi connectivity index (χ0) is 13.8. The zero-order valence-electron chi connectivity index (χ0n) is 11.8. The summed E-state index contributed by atoms with van der Waals surface area (Å²) in [5.74, 6) is -0.0215. The first kappa shape index (κ1) is 14.5. The lowest BCUT2D eigenvalue weighted by Gasteiger charge is -2.43. The molecular weight excluding hydrogens is 244 g/mol. The minimum absolute atomic E-state index is 0.0215. The molecule has 0 radical (unpaired) electrons. The Kier molecular flexibility index (Phi) is 4.96. The molecule has 1 saturated heterocycles. The van der Waals surface area contributed by atoms with Crippen molar-refractivity contribution in [2.24, 2.45) is 0 Å². The van der Waals surface area contributed by atoms with Crippen molar-refractivity contribution in [2.75, 3.05) is 20.3 Å². The molecular formula is C14H24N2O3. The number of carbonyl (C=O) groups excluding carboxylic acids is 1.